The number of phenols is 1. The fourth-order valence-corrected chi connectivity index (χ4v) is 4.42. The molecular formula is C25H29N5O2. The van der Waals surface area contributed by atoms with Gasteiger partial charge in [-0.25, -0.2) is 15.0 Å². The molecule has 1 aliphatic heterocycles. The van der Waals surface area contributed by atoms with E-state index in [0.717, 1.165) is 36.4 Å². The van der Waals surface area contributed by atoms with E-state index in [4.69, 9.17) is 14.4 Å². The fraction of sp³-hybridized carbons (Fsp3) is 0.400. The van der Waals surface area contributed by atoms with Crippen LogP contribution in [0.1, 0.15) is 33.1 Å². The van der Waals surface area contributed by atoms with Gasteiger partial charge in [-0.05, 0) is 64.6 Å². The second-order valence-corrected chi connectivity index (χ2v) is 9.64. The Hall–Kier alpha value is -3.19. The largest absolute Gasteiger partial charge is 0.507 e. The lowest BCUT2D eigenvalue weighted by Gasteiger charge is -2.36. The number of benzene rings is 1. The lowest BCUT2D eigenvalue weighted by molar-refractivity contribution is 0.127. The van der Waals surface area contributed by atoms with Crippen molar-refractivity contribution in [2.24, 2.45) is 0 Å². The molecule has 1 N–H and O–H groups in total. The Labute approximate surface area is 187 Å². The van der Waals surface area contributed by atoms with Crippen molar-refractivity contribution in [1.29, 1.82) is 0 Å². The molecule has 1 aromatic carbocycles. The second-order valence-electron chi connectivity index (χ2n) is 9.64. The molecule has 0 aliphatic carbocycles. The first-order valence-corrected chi connectivity index (χ1v) is 11.1. The predicted octanol–water partition coefficient (Wildman–Crippen LogP) is 4.76. The summed E-state index contributed by atoms with van der Waals surface area (Å²) in [7, 11) is 2.21. The van der Waals surface area contributed by atoms with Crippen LogP contribution >= 0.6 is 0 Å². The average Bonchev–Trinajstić information content (AvgIpc) is 3.37. The normalized spacial score (nSPS) is 17.2. The molecule has 32 heavy (non-hydrogen) atoms. The maximum Gasteiger partial charge on any atom is 0.192 e. The highest BCUT2D eigenvalue weighted by atomic mass is 16.3. The third-order valence-electron chi connectivity index (χ3n) is 6.51. The van der Waals surface area contributed by atoms with Gasteiger partial charge >= 0.3 is 0 Å². The zero-order valence-corrected chi connectivity index (χ0v) is 19.3. The van der Waals surface area contributed by atoms with Crippen LogP contribution in [0.4, 0.5) is 5.82 Å². The maximum absolute atomic E-state index is 10.5. The molecule has 1 fully saturated rings. The van der Waals surface area contributed by atoms with Crippen LogP contribution in [-0.4, -0.2) is 56.7 Å². The smallest absolute Gasteiger partial charge is 0.192 e. The maximum atomic E-state index is 10.5. The van der Waals surface area contributed by atoms with Gasteiger partial charge in [0.05, 0.1) is 16.7 Å². The number of pyridine rings is 2. The molecule has 7 heteroatoms. The molecule has 1 saturated heterocycles. The molecular weight excluding hydrogens is 402 g/mol. The molecule has 4 heterocycles. The van der Waals surface area contributed by atoms with Gasteiger partial charge in [-0.15, -0.1) is 0 Å². The molecule has 0 radical (unpaired) electrons. The lowest BCUT2D eigenvalue weighted by atomic mass is 10.0. The molecule has 5 rings (SSSR count). The van der Waals surface area contributed by atoms with Crippen LogP contribution in [0.15, 0.2) is 40.8 Å². The summed E-state index contributed by atoms with van der Waals surface area (Å²) >= 11 is 0. The summed E-state index contributed by atoms with van der Waals surface area (Å²) in [6.07, 6.45) is 1.13. The monoisotopic (exact) mass is 431 g/mol. The Bertz CT molecular complexity index is 1310. The van der Waals surface area contributed by atoms with Crippen LogP contribution in [0.25, 0.3) is 33.4 Å². The summed E-state index contributed by atoms with van der Waals surface area (Å²) in [4.78, 5) is 18.7. The number of anilines is 1. The number of oxazole rings is 1. The van der Waals surface area contributed by atoms with E-state index in [-0.39, 0.29) is 11.3 Å². The van der Waals surface area contributed by atoms with Crippen molar-refractivity contribution in [1.82, 2.24) is 19.9 Å². The van der Waals surface area contributed by atoms with Crippen LogP contribution in [0, 0.1) is 6.92 Å². The van der Waals surface area contributed by atoms with Crippen molar-refractivity contribution < 1.29 is 9.52 Å². The van der Waals surface area contributed by atoms with Crippen molar-refractivity contribution in [2.75, 3.05) is 25.0 Å². The number of hydrogen-bond acceptors (Lipinski definition) is 7. The Morgan fingerprint density at radius 1 is 1.03 bits per heavy atom. The number of aromatic hydroxyl groups is 1. The lowest BCUT2D eigenvalue weighted by Crippen LogP contribution is -2.46. The van der Waals surface area contributed by atoms with Gasteiger partial charge in [0.15, 0.2) is 11.5 Å². The molecule has 1 atom stereocenters. The number of aromatic nitrogens is 3. The van der Waals surface area contributed by atoms with E-state index in [2.05, 4.69) is 42.6 Å². The minimum atomic E-state index is 0.133. The van der Waals surface area contributed by atoms with E-state index in [1.54, 1.807) is 19.1 Å². The van der Waals surface area contributed by atoms with E-state index < -0.39 is 0 Å². The first-order chi connectivity index (χ1) is 15.2. The topological polar surface area (TPSA) is 78.5 Å². The molecule has 1 aliphatic rings. The summed E-state index contributed by atoms with van der Waals surface area (Å²) in [5, 5.41) is 10.5. The highest BCUT2D eigenvalue weighted by molar-refractivity contribution is 5.86. The first-order valence-electron chi connectivity index (χ1n) is 11.1. The van der Waals surface area contributed by atoms with Gasteiger partial charge in [0.2, 0.25) is 0 Å². The Kier molecular flexibility index (Phi) is 4.82. The first kappa shape index (κ1) is 20.7. The van der Waals surface area contributed by atoms with Gasteiger partial charge in [0.1, 0.15) is 17.1 Å². The highest BCUT2D eigenvalue weighted by Crippen LogP contribution is 2.34. The summed E-state index contributed by atoms with van der Waals surface area (Å²) in [6.45, 7) is 10.5. The van der Waals surface area contributed by atoms with E-state index in [9.17, 15) is 5.11 Å². The summed E-state index contributed by atoms with van der Waals surface area (Å²) in [5.41, 5.74) is 4.35. The number of hydrogen-bond donors (Lipinski definition) is 1. The minimum Gasteiger partial charge on any atom is -0.507 e. The Morgan fingerprint density at radius 2 is 1.78 bits per heavy atom. The van der Waals surface area contributed by atoms with Crippen molar-refractivity contribution in [3.05, 3.63) is 42.3 Å². The zero-order chi connectivity index (χ0) is 22.6. The van der Waals surface area contributed by atoms with Crippen LogP contribution in [0.3, 0.4) is 0 Å². The number of rotatable bonds is 3. The second kappa shape index (κ2) is 7.45. The van der Waals surface area contributed by atoms with E-state index >= 15 is 0 Å². The van der Waals surface area contributed by atoms with E-state index in [1.165, 1.54) is 0 Å². The third-order valence-corrected chi connectivity index (χ3v) is 6.51. The standard InChI is InChI=1S/C25H29N5O2/c1-15-26-21-13-22(31)17(12-23(21)32-15)18-6-7-20-19(27-18)8-9-24(28-20)30-11-10-16(14-30)29(5)25(2,3)4/h6-9,12-13,16,31H,10-11,14H2,1-5H3/t16-/m1/s1. The molecule has 3 aromatic heterocycles. The van der Waals surface area contributed by atoms with Gasteiger partial charge in [-0.3, -0.25) is 4.90 Å². The zero-order valence-electron chi connectivity index (χ0n) is 19.3. The van der Waals surface area contributed by atoms with Gasteiger partial charge in [-0.1, -0.05) is 0 Å². The third kappa shape index (κ3) is 3.66. The number of phenolic OH excluding ortho intramolecular Hbond substituents is 1. The number of aryl methyl sites for hydroxylation is 1. The molecule has 0 spiro atoms. The van der Waals surface area contributed by atoms with Crippen molar-refractivity contribution >= 4 is 28.0 Å². The van der Waals surface area contributed by atoms with Crippen LogP contribution < -0.4 is 4.90 Å². The molecule has 0 saturated carbocycles. The molecule has 0 bridgehead atoms. The number of fused-ring (bicyclic) bond motifs is 2. The highest BCUT2D eigenvalue weighted by Gasteiger charge is 2.31. The quantitative estimate of drug-likeness (QED) is 0.501. The van der Waals surface area contributed by atoms with Gasteiger partial charge in [0.25, 0.3) is 0 Å². The average molecular weight is 432 g/mol. The van der Waals surface area contributed by atoms with Crippen molar-refractivity contribution in [3.8, 4) is 17.0 Å². The van der Waals surface area contributed by atoms with Gasteiger partial charge in [-0.2, -0.15) is 0 Å². The summed E-state index contributed by atoms with van der Waals surface area (Å²) in [6, 6.07) is 11.8. The summed E-state index contributed by atoms with van der Waals surface area (Å²) in [5.74, 6) is 1.68. The van der Waals surface area contributed by atoms with Crippen LogP contribution in [0.2, 0.25) is 0 Å². The van der Waals surface area contributed by atoms with Crippen LogP contribution in [0.5, 0.6) is 5.75 Å². The van der Waals surface area contributed by atoms with Crippen LogP contribution in [-0.2, 0) is 0 Å². The molecule has 0 unspecified atom stereocenters. The Balaban J connectivity index is 1.43. The predicted molar refractivity (Wildman–Crippen MR) is 127 cm³/mol. The van der Waals surface area contributed by atoms with E-state index in [1.807, 2.05) is 24.3 Å². The van der Waals surface area contributed by atoms with Gasteiger partial charge < -0.3 is 14.4 Å². The van der Waals surface area contributed by atoms with E-state index in [0.29, 0.717) is 34.3 Å². The number of likely N-dealkylation sites (N-methyl/N-ethyl adjacent to an activating group) is 1. The van der Waals surface area contributed by atoms with Gasteiger partial charge in [0, 0.05) is 43.2 Å². The number of nitrogens with zero attached hydrogens (tertiary/aromatic N) is 5. The summed E-state index contributed by atoms with van der Waals surface area (Å²) < 4.78 is 5.62. The Morgan fingerprint density at radius 3 is 2.56 bits per heavy atom. The fourth-order valence-electron chi connectivity index (χ4n) is 4.42. The van der Waals surface area contributed by atoms with Crippen molar-refractivity contribution in [2.45, 2.75) is 45.7 Å². The minimum absolute atomic E-state index is 0.133. The molecule has 166 valence electrons. The molecule has 7 nitrogen and oxygen atoms in total. The van der Waals surface area contributed by atoms with Crippen molar-refractivity contribution in [3.63, 3.8) is 0 Å². The molecule has 4 aromatic rings. The SMILES string of the molecule is Cc1nc2cc(O)c(-c3ccc4nc(N5CC[C@@H](N(C)C(C)(C)C)C5)ccc4n3)cc2o1. The molecule has 0 amide bonds.